The molecule has 1 amide bonds. The summed E-state index contributed by atoms with van der Waals surface area (Å²) in [5.41, 5.74) is -0.147. The van der Waals surface area contributed by atoms with Crippen LogP contribution in [-0.4, -0.2) is 52.3 Å². The van der Waals surface area contributed by atoms with Gasteiger partial charge in [-0.25, -0.2) is 5.01 Å². The van der Waals surface area contributed by atoms with Gasteiger partial charge in [0.15, 0.2) is 6.04 Å². The summed E-state index contributed by atoms with van der Waals surface area (Å²) in [6.07, 6.45) is -1.54. The normalized spacial score (nSPS) is 26.1. The van der Waals surface area contributed by atoms with Gasteiger partial charge in [0.05, 0.1) is 6.04 Å². The molecule has 8 heteroatoms. The highest BCUT2D eigenvalue weighted by Crippen LogP contribution is 2.44. The first kappa shape index (κ1) is 20.4. The van der Waals surface area contributed by atoms with Gasteiger partial charge in [-0.3, -0.25) is 14.6 Å². The number of hydrogen-bond acceptors (Lipinski definition) is 4. The summed E-state index contributed by atoms with van der Waals surface area (Å²) in [5, 5.41) is 2.04. The molecule has 2 aliphatic rings. The minimum atomic E-state index is -4.75. The standard InChI is InChI=1S/C20H23F3N2O3/c1-19(2,3)28-18(27)16-14(10-9-13-7-5-4-6-8-13)24-12-11-15(26)25(24)17(16)20(21,22)23/h4-10,14,16-17H,11-12H2,1-3H3/b10-9+. The lowest BCUT2D eigenvalue weighted by molar-refractivity contribution is -0.207. The van der Waals surface area contributed by atoms with E-state index in [4.69, 9.17) is 4.74 Å². The Balaban J connectivity index is 2.01. The van der Waals surface area contributed by atoms with E-state index in [1.165, 1.54) is 5.01 Å². The fourth-order valence-electron chi connectivity index (χ4n) is 3.68. The zero-order chi connectivity index (χ0) is 20.7. The molecule has 0 aromatic heterocycles. The Morgan fingerprint density at radius 2 is 1.82 bits per heavy atom. The van der Waals surface area contributed by atoms with E-state index in [2.05, 4.69) is 0 Å². The van der Waals surface area contributed by atoms with Crippen molar-refractivity contribution in [3.63, 3.8) is 0 Å². The molecule has 28 heavy (non-hydrogen) atoms. The van der Waals surface area contributed by atoms with Crippen molar-refractivity contribution in [2.75, 3.05) is 6.54 Å². The molecule has 2 aliphatic heterocycles. The Morgan fingerprint density at radius 1 is 1.18 bits per heavy atom. The average molecular weight is 396 g/mol. The monoisotopic (exact) mass is 396 g/mol. The van der Waals surface area contributed by atoms with E-state index in [1.807, 2.05) is 30.3 Å². The van der Waals surface area contributed by atoms with Crippen LogP contribution in [0.4, 0.5) is 13.2 Å². The van der Waals surface area contributed by atoms with Crippen molar-refractivity contribution in [3.05, 3.63) is 42.0 Å². The van der Waals surface area contributed by atoms with Gasteiger partial charge in [-0.2, -0.15) is 13.2 Å². The molecule has 3 rings (SSSR count). The number of benzene rings is 1. The topological polar surface area (TPSA) is 49.9 Å². The summed E-state index contributed by atoms with van der Waals surface area (Å²) >= 11 is 0. The molecule has 152 valence electrons. The average Bonchev–Trinajstić information content (AvgIpc) is 3.10. The first-order valence-electron chi connectivity index (χ1n) is 9.10. The van der Waals surface area contributed by atoms with Crippen LogP contribution in [0.15, 0.2) is 36.4 Å². The number of esters is 1. The molecule has 5 nitrogen and oxygen atoms in total. The third-order valence-corrected chi connectivity index (χ3v) is 4.70. The number of hydrogen-bond donors (Lipinski definition) is 0. The molecular formula is C20H23F3N2O3. The minimum absolute atomic E-state index is 0.0106. The first-order chi connectivity index (χ1) is 13.0. The van der Waals surface area contributed by atoms with Crippen LogP contribution in [0.5, 0.6) is 0 Å². The number of carbonyl (C=O) groups excluding carboxylic acids is 2. The highest BCUT2D eigenvalue weighted by molar-refractivity contribution is 5.83. The predicted octanol–water partition coefficient (Wildman–Crippen LogP) is 3.42. The maximum Gasteiger partial charge on any atom is 0.411 e. The van der Waals surface area contributed by atoms with Crippen LogP contribution in [0.1, 0.15) is 32.8 Å². The fraction of sp³-hybridized carbons (Fsp3) is 0.500. The van der Waals surface area contributed by atoms with Gasteiger partial charge in [-0.1, -0.05) is 42.5 Å². The lowest BCUT2D eigenvalue weighted by Gasteiger charge is -2.29. The number of hydrazine groups is 1. The largest absolute Gasteiger partial charge is 0.460 e. The van der Waals surface area contributed by atoms with Crippen molar-refractivity contribution in [2.24, 2.45) is 5.92 Å². The van der Waals surface area contributed by atoms with E-state index < -0.39 is 41.7 Å². The number of halogens is 3. The van der Waals surface area contributed by atoms with Crippen LogP contribution in [0.25, 0.3) is 6.08 Å². The van der Waals surface area contributed by atoms with Gasteiger partial charge in [0.25, 0.3) is 0 Å². The first-order valence-corrected chi connectivity index (χ1v) is 9.10. The second kappa shape index (κ2) is 7.24. The maximum absolute atomic E-state index is 13.9. The summed E-state index contributed by atoms with van der Waals surface area (Å²) in [5.74, 6) is -3.14. The van der Waals surface area contributed by atoms with Crippen LogP contribution in [0.2, 0.25) is 0 Å². The second-order valence-electron chi connectivity index (χ2n) is 7.96. The van der Waals surface area contributed by atoms with Gasteiger partial charge in [0.1, 0.15) is 11.5 Å². The number of alkyl halides is 3. The Hall–Kier alpha value is -2.35. The number of amides is 1. The van der Waals surface area contributed by atoms with Crippen LogP contribution in [-0.2, 0) is 14.3 Å². The summed E-state index contributed by atoms with van der Waals surface area (Å²) in [4.78, 5) is 25.0. The fourth-order valence-corrected chi connectivity index (χ4v) is 3.68. The van der Waals surface area contributed by atoms with E-state index >= 15 is 0 Å². The zero-order valence-corrected chi connectivity index (χ0v) is 15.9. The summed E-state index contributed by atoms with van der Waals surface area (Å²) < 4.78 is 47.0. The van der Waals surface area contributed by atoms with Crippen LogP contribution in [0.3, 0.4) is 0 Å². The van der Waals surface area contributed by atoms with Gasteiger partial charge in [-0.05, 0) is 26.3 Å². The molecule has 0 aliphatic carbocycles. The zero-order valence-electron chi connectivity index (χ0n) is 15.9. The number of ether oxygens (including phenoxy) is 1. The lowest BCUT2D eigenvalue weighted by atomic mass is 9.91. The summed E-state index contributed by atoms with van der Waals surface area (Å²) in [6, 6.07) is 5.91. The van der Waals surface area contributed by atoms with Crippen molar-refractivity contribution in [1.29, 1.82) is 0 Å². The number of rotatable bonds is 3. The van der Waals surface area contributed by atoms with E-state index in [9.17, 15) is 22.8 Å². The van der Waals surface area contributed by atoms with Gasteiger partial charge in [0.2, 0.25) is 5.91 Å². The van der Waals surface area contributed by atoms with Crippen LogP contribution in [0, 0.1) is 5.92 Å². The van der Waals surface area contributed by atoms with Gasteiger partial charge in [-0.15, -0.1) is 0 Å². The summed E-state index contributed by atoms with van der Waals surface area (Å²) in [6.45, 7) is 4.94. The molecule has 2 heterocycles. The summed E-state index contributed by atoms with van der Waals surface area (Å²) in [7, 11) is 0. The number of nitrogens with zero attached hydrogens (tertiary/aromatic N) is 2. The third-order valence-electron chi connectivity index (χ3n) is 4.70. The molecule has 3 unspecified atom stereocenters. The van der Waals surface area contributed by atoms with Gasteiger partial charge in [0, 0.05) is 13.0 Å². The predicted molar refractivity (Wildman–Crippen MR) is 96.6 cm³/mol. The minimum Gasteiger partial charge on any atom is -0.460 e. The van der Waals surface area contributed by atoms with E-state index in [1.54, 1.807) is 32.9 Å². The highest BCUT2D eigenvalue weighted by atomic mass is 19.4. The maximum atomic E-state index is 13.9. The van der Waals surface area contributed by atoms with Crippen molar-refractivity contribution >= 4 is 18.0 Å². The van der Waals surface area contributed by atoms with E-state index in [0.29, 0.717) is 5.01 Å². The quantitative estimate of drug-likeness (QED) is 0.735. The van der Waals surface area contributed by atoms with Crippen molar-refractivity contribution in [2.45, 2.75) is 51.1 Å². The van der Waals surface area contributed by atoms with Crippen molar-refractivity contribution in [1.82, 2.24) is 10.0 Å². The van der Waals surface area contributed by atoms with Crippen molar-refractivity contribution < 1.29 is 27.5 Å². The molecule has 2 fully saturated rings. The molecule has 1 aromatic rings. The number of carbonyl (C=O) groups is 2. The molecule has 0 N–H and O–H groups in total. The Morgan fingerprint density at radius 3 is 2.39 bits per heavy atom. The SMILES string of the molecule is CC(C)(C)OC(=O)C1C(/C=C/c2ccccc2)N2CCC(=O)N2C1C(F)(F)F. The molecule has 0 saturated carbocycles. The molecule has 1 aromatic carbocycles. The van der Waals surface area contributed by atoms with Gasteiger partial charge < -0.3 is 4.74 Å². The second-order valence-corrected chi connectivity index (χ2v) is 7.96. The molecule has 0 bridgehead atoms. The molecule has 0 spiro atoms. The highest BCUT2D eigenvalue weighted by Gasteiger charge is 2.64. The molecule has 0 radical (unpaired) electrons. The lowest BCUT2D eigenvalue weighted by Crippen LogP contribution is -2.50. The Bertz CT molecular complexity index is 771. The molecule has 3 atom stereocenters. The third kappa shape index (κ3) is 4.06. The van der Waals surface area contributed by atoms with Crippen LogP contribution < -0.4 is 0 Å². The molecule has 2 saturated heterocycles. The van der Waals surface area contributed by atoms with Crippen LogP contribution >= 0.6 is 0 Å². The number of fused-ring (bicyclic) bond motifs is 1. The van der Waals surface area contributed by atoms with Gasteiger partial charge >= 0.3 is 12.1 Å². The Labute approximate surface area is 161 Å². The van der Waals surface area contributed by atoms with E-state index in [-0.39, 0.29) is 13.0 Å². The smallest absolute Gasteiger partial charge is 0.411 e. The van der Waals surface area contributed by atoms with E-state index in [0.717, 1.165) is 5.56 Å². The molecular weight excluding hydrogens is 373 g/mol. The Kier molecular flexibility index (Phi) is 5.27. The van der Waals surface area contributed by atoms with Crippen molar-refractivity contribution in [3.8, 4) is 0 Å².